The molecule has 0 spiro atoms. The molecule has 47 heavy (non-hydrogen) atoms. The Balaban J connectivity index is 1.24. The van der Waals surface area contributed by atoms with Crippen LogP contribution < -0.4 is 10.4 Å². The fourth-order valence-corrected chi connectivity index (χ4v) is 12.1. The van der Waals surface area contributed by atoms with Crippen molar-refractivity contribution in [3.63, 3.8) is 0 Å². The molecule has 0 fully saturated rings. The summed E-state index contributed by atoms with van der Waals surface area (Å²) >= 11 is 1.88. The maximum Gasteiger partial charge on any atom is 0.160 e. The largest absolute Gasteiger partial charge is 0.309 e. The number of benzene rings is 6. The Morgan fingerprint density at radius 1 is 0.532 bits per heavy atom. The molecule has 0 saturated carbocycles. The summed E-state index contributed by atoms with van der Waals surface area (Å²) in [7, 11) is -2.22. The van der Waals surface area contributed by atoms with Crippen LogP contribution in [0, 0.1) is 0 Å². The minimum Gasteiger partial charge on any atom is -0.309 e. The van der Waals surface area contributed by atoms with Crippen LogP contribution >= 0.6 is 11.3 Å². The van der Waals surface area contributed by atoms with Crippen LogP contribution in [0.1, 0.15) is 0 Å². The molecule has 10 rings (SSSR count). The van der Waals surface area contributed by atoms with Gasteiger partial charge in [-0.05, 0) is 52.3 Å². The van der Waals surface area contributed by atoms with E-state index in [9.17, 15) is 0 Å². The van der Waals surface area contributed by atoms with Gasteiger partial charge in [-0.15, -0.1) is 11.3 Å². The first-order valence-corrected chi connectivity index (χ1v) is 19.9. The third kappa shape index (κ3) is 3.84. The zero-order chi connectivity index (χ0) is 31.3. The standard InChI is InChI=1S/C42H29N3SSi/c1-47(2)38-23-28(45-34-19-11-9-17-29(34)32-25-37-33(24-35(32)45)30-18-10-12-20-36(30)46-37)21-22-31(38)40-41(47)39(26-13-5-3-6-14-26)43-42(44-40)27-15-7-4-8-16-27/h3-25H,1-2H3. The minimum absolute atomic E-state index is 0.777. The van der Waals surface area contributed by atoms with Crippen LogP contribution in [0.25, 0.3) is 81.6 Å². The van der Waals surface area contributed by atoms with E-state index in [1.165, 1.54) is 63.6 Å². The summed E-state index contributed by atoms with van der Waals surface area (Å²) in [6, 6.07) is 50.5. The predicted octanol–water partition coefficient (Wildman–Crippen LogP) is 10.1. The van der Waals surface area contributed by atoms with E-state index in [4.69, 9.17) is 9.97 Å². The molecular formula is C42H29N3SSi. The maximum atomic E-state index is 5.31. The normalized spacial score (nSPS) is 13.5. The Labute approximate surface area is 277 Å². The molecule has 3 nitrogen and oxygen atoms in total. The Morgan fingerprint density at radius 2 is 1.21 bits per heavy atom. The Bertz CT molecular complexity index is 2710. The van der Waals surface area contributed by atoms with Crippen molar-refractivity contribution >= 4 is 71.8 Å². The maximum absolute atomic E-state index is 5.31. The van der Waals surface area contributed by atoms with Crippen LogP contribution in [-0.4, -0.2) is 22.6 Å². The zero-order valence-corrected chi connectivity index (χ0v) is 27.8. The number of para-hydroxylation sites is 1. The van der Waals surface area contributed by atoms with Crippen molar-refractivity contribution in [2.75, 3.05) is 0 Å². The predicted molar refractivity (Wildman–Crippen MR) is 202 cm³/mol. The molecule has 0 amide bonds. The quantitative estimate of drug-likeness (QED) is 0.181. The van der Waals surface area contributed by atoms with E-state index in [-0.39, 0.29) is 0 Å². The first-order valence-electron chi connectivity index (χ1n) is 16.1. The molecule has 0 unspecified atom stereocenters. The summed E-state index contributed by atoms with van der Waals surface area (Å²) in [6.45, 7) is 4.93. The van der Waals surface area contributed by atoms with Gasteiger partial charge in [0.2, 0.25) is 0 Å². The molecule has 0 N–H and O–H groups in total. The van der Waals surface area contributed by atoms with Gasteiger partial charge in [-0.2, -0.15) is 0 Å². The lowest BCUT2D eigenvalue weighted by molar-refractivity contribution is 1.18. The van der Waals surface area contributed by atoms with E-state index in [1.54, 1.807) is 0 Å². The summed E-state index contributed by atoms with van der Waals surface area (Å²) in [4.78, 5) is 10.6. The van der Waals surface area contributed by atoms with Gasteiger partial charge in [0.05, 0.1) is 22.4 Å². The molecule has 4 heterocycles. The summed E-state index contributed by atoms with van der Waals surface area (Å²) in [5.41, 5.74) is 9.24. The summed E-state index contributed by atoms with van der Waals surface area (Å²) < 4.78 is 5.14. The number of fused-ring (bicyclic) bond motifs is 9. The summed E-state index contributed by atoms with van der Waals surface area (Å²) in [5, 5.41) is 7.96. The van der Waals surface area contributed by atoms with Crippen LogP contribution in [0.4, 0.5) is 0 Å². The second-order valence-electron chi connectivity index (χ2n) is 13.0. The van der Waals surface area contributed by atoms with Gasteiger partial charge in [0, 0.05) is 47.8 Å². The Kier molecular flexibility index (Phi) is 5.60. The van der Waals surface area contributed by atoms with Crippen LogP contribution in [0.5, 0.6) is 0 Å². The third-order valence-electron chi connectivity index (χ3n) is 9.97. The molecule has 0 bridgehead atoms. The summed E-state index contributed by atoms with van der Waals surface area (Å²) in [6.07, 6.45) is 0. The highest BCUT2D eigenvalue weighted by molar-refractivity contribution is 7.25. The smallest absolute Gasteiger partial charge is 0.160 e. The highest BCUT2D eigenvalue weighted by atomic mass is 32.1. The highest BCUT2D eigenvalue weighted by Gasteiger charge is 2.42. The van der Waals surface area contributed by atoms with Crippen molar-refractivity contribution < 1.29 is 0 Å². The zero-order valence-electron chi connectivity index (χ0n) is 26.0. The first kappa shape index (κ1) is 26.8. The van der Waals surface area contributed by atoms with Gasteiger partial charge in [0.1, 0.15) is 8.07 Å². The van der Waals surface area contributed by atoms with Crippen molar-refractivity contribution in [2.24, 2.45) is 0 Å². The minimum atomic E-state index is -2.22. The topological polar surface area (TPSA) is 30.7 Å². The summed E-state index contributed by atoms with van der Waals surface area (Å²) in [5.74, 6) is 0.777. The fourth-order valence-electron chi connectivity index (χ4n) is 7.76. The average Bonchev–Trinajstić information content (AvgIpc) is 3.72. The van der Waals surface area contributed by atoms with E-state index >= 15 is 0 Å². The van der Waals surface area contributed by atoms with Gasteiger partial charge in [-0.25, -0.2) is 9.97 Å². The van der Waals surface area contributed by atoms with Crippen molar-refractivity contribution in [3.8, 4) is 39.6 Å². The van der Waals surface area contributed by atoms with E-state index < -0.39 is 8.07 Å². The van der Waals surface area contributed by atoms with Crippen molar-refractivity contribution in [1.82, 2.24) is 14.5 Å². The molecule has 1 aliphatic heterocycles. The van der Waals surface area contributed by atoms with Gasteiger partial charge < -0.3 is 4.57 Å². The number of hydrogen-bond acceptors (Lipinski definition) is 3. The van der Waals surface area contributed by atoms with Gasteiger partial charge in [-0.3, -0.25) is 0 Å². The Morgan fingerprint density at radius 3 is 2.02 bits per heavy atom. The van der Waals surface area contributed by atoms with E-state index in [0.717, 1.165) is 28.3 Å². The van der Waals surface area contributed by atoms with Gasteiger partial charge >= 0.3 is 0 Å². The van der Waals surface area contributed by atoms with Crippen LogP contribution in [0.15, 0.2) is 140 Å². The fraction of sp³-hybridized carbons (Fsp3) is 0.0476. The van der Waals surface area contributed by atoms with E-state index in [1.807, 2.05) is 17.4 Å². The van der Waals surface area contributed by atoms with Crippen LogP contribution in [0.2, 0.25) is 13.1 Å². The number of nitrogens with zero attached hydrogens (tertiary/aromatic N) is 3. The van der Waals surface area contributed by atoms with Gasteiger partial charge in [0.25, 0.3) is 0 Å². The van der Waals surface area contributed by atoms with Gasteiger partial charge in [-0.1, -0.05) is 116 Å². The molecule has 0 aliphatic carbocycles. The van der Waals surface area contributed by atoms with E-state index in [0.29, 0.717) is 0 Å². The lowest BCUT2D eigenvalue weighted by Gasteiger charge is -2.22. The number of rotatable bonds is 3. The number of thiophene rings is 1. The monoisotopic (exact) mass is 635 g/mol. The highest BCUT2D eigenvalue weighted by Crippen LogP contribution is 2.41. The molecule has 1 aliphatic rings. The lowest BCUT2D eigenvalue weighted by atomic mass is 10.1. The van der Waals surface area contributed by atoms with Crippen molar-refractivity contribution in [1.29, 1.82) is 0 Å². The van der Waals surface area contributed by atoms with Crippen LogP contribution in [-0.2, 0) is 0 Å². The lowest BCUT2D eigenvalue weighted by Crippen LogP contribution is -2.50. The third-order valence-corrected chi connectivity index (χ3v) is 14.6. The molecule has 6 aromatic carbocycles. The van der Waals surface area contributed by atoms with Crippen molar-refractivity contribution in [2.45, 2.75) is 13.1 Å². The molecular weight excluding hydrogens is 607 g/mol. The molecule has 5 heteroatoms. The molecule has 0 atom stereocenters. The average molecular weight is 636 g/mol. The number of hydrogen-bond donors (Lipinski definition) is 0. The SMILES string of the molecule is C[Si]1(C)c2cc(-n3c4ccccc4c4cc5sc6ccccc6c5cc43)ccc2-c2nc(-c3ccccc3)nc(-c3ccccc3)c21. The van der Waals surface area contributed by atoms with Crippen molar-refractivity contribution in [3.05, 3.63) is 140 Å². The second-order valence-corrected chi connectivity index (χ2v) is 18.4. The molecule has 9 aromatic rings. The molecule has 0 radical (unpaired) electrons. The van der Waals surface area contributed by atoms with E-state index in [2.05, 4.69) is 151 Å². The molecule has 222 valence electrons. The first-order chi connectivity index (χ1) is 23.1. The second kappa shape index (κ2) is 9.82. The number of aromatic nitrogens is 3. The molecule has 0 saturated heterocycles. The van der Waals surface area contributed by atoms with Gasteiger partial charge in [0.15, 0.2) is 5.82 Å². The molecule has 3 aromatic heterocycles. The van der Waals surface area contributed by atoms with Crippen LogP contribution in [0.3, 0.4) is 0 Å². The Hall–Kier alpha value is -5.36.